The first-order valence-corrected chi connectivity index (χ1v) is 20.8. The molecule has 0 amide bonds. The fourth-order valence-corrected chi connectivity index (χ4v) is 10.7. The van der Waals surface area contributed by atoms with Crippen molar-refractivity contribution in [2.24, 2.45) is 0 Å². The molecule has 0 radical (unpaired) electrons. The molecule has 274 valence electrons. The predicted molar refractivity (Wildman–Crippen MR) is 246 cm³/mol. The van der Waals surface area contributed by atoms with Gasteiger partial charge < -0.3 is 4.57 Å². The van der Waals surface area contributed by atoms with Gasteiger partial charge in [0.25, 0.3) is 0 Å². The number of para-hydroxylation sites is 3. The molecule has 0 aliphatic carbocycles. The first-order chi connectivity index (χ1) is 29.3. The average molecular weight is 769 g/mol. The number of hydrogen-bond acceptors (Lipinski definition) is 3. The van der Waals surface area contributed by atoms with E-state index in [-0.39, 0.29) is 0 Å². The van der Waals surface area contributed by atoms with Gasteiger partial charge in [-0.25, -0.2) is 9.97 Å². The van der Waals surface area contributed by atoms with Crippen LogP contribution in [-0.2, 0) is 0 Å². The highest BCUT2D eigenvalue weighted by Crippen LogP contribution is 2.51. The van der Waals surface area contributed by atoms with Crippen LogP contribution in [0.5, 0.6) is 0 Å². The fourth-order valence-electron chi connectivity index (χ4n) is 9.54. The molecule has 0 fully saturated rings. The summed E-state index contributed by atoms with van der Waals surface area (Å²) < 4.78 is 4.67. The molecule has 4 heterocycles. The van der Waals surface area contributed by atoms with Crippen molar-refractivity contribution in [3.8, 4) is 45.1 Å². The minimum absolute atomic E-state index is 0.663. The maximum absolute atomic E-state index is 5.29. The summed E-state index contributed by atoms with van der Waals surface area (Å²) in [6, 6.07) is 70.1. The summed E-state index contributed by atoms with van der Waals surface area (Å²) in [4.78, 5) is 13.1. The van der Waals surface area contributed by atoms with Crippen molar-refractivity contribution in [2.45, 2.75) is 9.79 Å². The maximum atomic E-state index is 5.29. The predicted octanol–water partition coefficient (Wildman–Crippen LogP) is 14.4. The molecule has 1 aliphatic heterocycles. The van der Waals surface area contributed by atoms with Gasteiger partial charge in [0.05, 0.1) is 33.3 Å². The SMILES string of the molecule is c1ccc(-c2nc(-n3c4ccccc4c4cc(-c5ccc6c(c5)c5c7cccc8c7c(cc5n6-c5ccccc5)Sc5ccccc5-8)ccc43)nc3ccccc23)cc1. The Balaban J connectivity index is 1.05. The average Bonchev–Trinajstić information content (AvgIpc) is 3.81. The van der Waals surface area contributed by atoms with E-state index in [0.717, 1.165) is 38.9 Å². The van der Waals surface area contributed by atoms with Gasteiger partial charge in [-0.2, -0.15) is 0 Å². The van der Waals surface area contributed by atoms with Crippen molar-refractivity contribution < 1.29 is 0 Å². The molecule has 0 saturated carbocycles. The molecule has 1 aliphatic rings. The lowest BCUT2D eigenvalue weighted by atomic mass is 9.94. The Labute approximate surface area is 343 Å². The number of hydrogen-bond donors (Lipinski definition) is 0. The zero-order valence-electron chi connectivity index (χ0n) is 31.7. The molecule has 0 atom stereocenters. The lowest BCUT2D eigenvalue weighted by Gasteiger charge is -2.21. The van der Waals surface area contributed by atoms with Gasteiger partial charge in [0.2, 0.25) is 5.95 Å². The van der Waals surface area contributed by atoms with Crippen LogP contribution in [0.25, 0.3) is 110 Å². The van der Waals surface area contributed by atoms with Crippen LogP contribution in [0.1, 0.15) is 0 Å². The third-order valence-corrected chi connectivity index (χ3v) is 13.2. The van der Waals surface area contributed by atoms with Crippen LogP contribution in [0.2, 0.25) is 0 Å². The first kappa shape index (κ1) is 32.6. The summed E-state index contributed by atoms with van der Waals surface area (Å²) in [5.74, 6) is 0.663. The van der Waals surface area contributed by atoms with Gasteiger partial charge in [0.15, 0.2) is 0 Å². The van der Waals surface area contributed by atoms with Gasteiger partial charge in [0.1, 0.15) is 0 Å². The standard InChI is InChI=1S/C54H32N4S/c1-3-14-33(15-4-1)53-40-20-7-10-23-44(40)55-54(56-53)58-45-24-11-8-18-37(45)42-30-34(26-28-46(42)58)35-27-29-47-43(31-35)51-41-22-13-21-39-38-19-9-12-25-49(38)59-50(52(39)41)32-48(51)57(47)36-16-5-2-6-17-36/h1-32H. The van der Waals surface area contributed by atoms with E-state index in [1.807, 2.05) is 23.9 Å². The van der Waals surface area contributed by atoms with Crippen LogP contribution in [-0.4, -0.2) is 19.1 Å². The van der Waals surface area contributed by atoms with Crippen LogP contribution < -0.4 is 0 Å². The van der Waals surface area contributed by atoms with Crippen molar-refractivity contribution in [2.75, 3.05) is 0 Å². The molecule has 3 aromatic heterocycles. The molecule has 0 bridgehead atoms. The number of nitrogens with zero attached hydrogens (tertiary/aromatic N) is 4. The molecule has 4 nitrogen and oxygen atoms in total. The molecule has 5 heteroatoms. The van der Waals surface area contributed by atoms with E-state index < -0.39 is 0 Å². The van der Waals surface area contributed by atoms with Gasteiger partial charge in [-0.1, -0.05) is 145 Å². The molecule has 59 heavy (non-hydrogen) atoms. The van der Waals surface area contributed by atoms with Crippen LogP contribution in [0.3, 0.4) is 0 Å². The van der Waals surface area contributed by atoms with Crippen molar-refractivity contribution in [3.05, 3.63) is 194 Å². The normalized spacial score (nSPS) is 12.3. The van der Waals surface area contributed by atoms with Gasteiger partial charge in [0, 0.05) is 53.4 Å². The van der Waals surface area contributed by atoms with Crippen LogP contribution in [0.4, 0.5) is 0 Å². The lowest BCUT2D eigenvalue weighted by molar-refractivity contribution is 1.01. The summed E-state index contributed by atoms with van der Waals surface area (Å²) >= 11 is 1.88. The highest BCUT2D eigenvalue weighted by Gasteiger charge is 2.24. The van der Waals surface area contributed by atoms with Crippen molar-refractivity contribution in [1.82, 2.24) is 19.1 Å². The Morgan fingerprint density at radius 1 is 0.356 bits per heavy atom. The maximum Gasteiger partial charge on any atom is 0.235 e. The van der Waals surface area contributed by atoms with E-state index in [1.54, 1.807) is 0 Å². The number of rotatable bonds is 4. The Hall–Kier alpha value is -7.47. The topological polar surface area (TPSA) is 35.6 Å². The number of benzene rings is 9. The van der Waals surface area contributed by atoms with E-state index in [1.165, 1.54) is 75.4 Å². The quantitative estimate of drug-likeness (QED) is 0.179. The summed E-state index contributed by atoms with van der Waals surface area (Å²) in [6.45, 7) is 0. The van der Waals surface area contributed by atoms with Crippen molar-refractivity contribution in [3.63, 3.8) is 0 Å². The molecule has 0 unspecified atom stereocenters. The molecular weight excluding hydrogens is 737 g/mol. The van der Waals surface area contributed by atoms with Gasteiger partial charge in [-0.3, -0.25) is 4.57 Å². The zero-order valence-corrected chi connectivity index (χ0v) is 32.5. The Morgan fingerprint density at radius 3 is 1.85 bits per heavy atom. The first-order valence-electron chi connectivity index (χ1n) is 20.0. The Morgan fingerprint density at radius 2 is 1.00 bits per heavy atom. The zero-order chi connectivity index (χ0) is 38.6. The molecular formula is C54H32N4S. The summed E-state index contributed by atoms with van der Waals surface area (Å²) in [5, 5.41) is 8.53. The third kappa shape index (κ3) is 4.80. The minimum atomic E-state index is 0.663. The van der Waals surface area contributed by atoms with Crippen molar-refractivity contribution >= 4 is 77.0 Å². The monoisotopic (exact) mass is 768 g/mol. The second-order valence-electron chi connectivity index (χ2n) is 15.3. The van der Waals surface area contributed by atoms with Gasteiger partial charge in [-0.15, -0.1) is 0 Å². The van der Waals surface area contributed by atoms with E-state index in [2.05, 4.69) is 191 Å². The van der Waals surface area contributed by atoms with E-state index >= 15 is 0 Å². The lowest BCUT2D eigenvalue weighted by Crippen LogP contribution is -2.03. The molecule has 9 aromatic carbocycles. The Bertz CT molecular complexity index is 3700. The molecule has 0 saturated heterocycles. The molecule has 0 spiro atoms. The van der Waals surface area contributed by atoms with Crippen LogP contribution in [0, 0.1) is 0 Å². The number of fused-ring (bicyclic) bond motifs is 10. The molecule has 12 aromatic rings. The Kier molecular flexibility index (Phi) is 6.91. The summed E-state index contributed by atoms with van der Waals surface area (Å²) in [6.07, 6.45) is 0. The molecule has 0 N–H and O–H groups in total. The molecule has 13 rings (SSSR count). The minimum Gasteiger partial charge on any atom is -0.309 e. The van der Waals surface area contributed by atoms with Crippen LogP contribution >= 0.6 is 11.8 Å². The highest BCUT2D eigenvalue weighted by molar-refractivity contribution is 7.99. The fraction of sp³-hybridized carbons (Fsp3) is 0. The van der Waals surface area contributed by atoms with E-state index in [4.69, 9.17) is 9.97 Å². The van der Waals surface area contributed by atoms with Crippen LogP contribution in [0.15, 0.2) is 204 Å². The van der Waals surface area contributed by atoms with Gasteiger partial charge >= 0.3 is 0 Å². The van der Waals surface area contributed by atoms with Gasteiger partial charge in [-0.05, 0) is 88.3 Å². The van der Waals surface area contributed by atoms with E-state index in [9.17, 15) is 0 Å². The second kappa shape index (κ2) is 12.5. The third-order valence-electron chi connectivity index (χ3n) is 12.1. The largest absolute Gasteiger partial charge is 0.309 e. The number of aromatic nitrogens is 4. The summed E-state index contributed by atoms with van der Waals surface area (Å²) in [5.41, 5.74) is 13.6. The van der Waals surface area contributed by atoms with Crippen molar-refractivity contribution in [1.29, 1.82) is 0 Å². The van der Waals surface area contributed by atoms with E-state index in [0.29, 0.717) is 5.95 Å². The highest BCUT2D eigenvalue weighted by atomic mass is 32.2. The smallest absolute Gasteiger partial charge is 0.235 e. The second-order valence-corrected chi connectivity index (χ2v) is 16.4. The summed E-state index contributed by atoms with van der Waals surface area (Å²) in [7, 11) is 0.